The molecule has 0 unspecified atom stereocenters. The zero-order valence-electron chi connectivity index (χ0n) is 10.0. The van der Waals surface area contributed by atoms with E-state index in [1.807, 2.05) is 0 Å². The van der Waals surface area contributed by atoms with Gasteiger partial charge in [-0.2, -0.15) is 0 Å². The van der Waals surface area contributed by atoms with Gasteiger partial charge in [-0.15, -0.1) is 11.6 Å². The van der Waals surface area contributed by atoms with Crippen molar-refractivity contribution < 1.29 is 19.0 Å². The second-order valence-electron chi connectivity index (χ2n) is 3.31. The number of ether oxygens (including phenoxy) is 3. The van der Waals surface area contributed by atoms with Gasteiger partial charge in [-0.1, -0.05) is 0 Å². The van der Waals surface area contributed by atoms with Gasteiger partial charge in [0.2, 0.25) is 0 Å². The lowest BCUT2D eigenvalue weighted by Crippen LogP contribution is -2.12. The van der Waals surface area contributed by atoms with E-state index >= 15 is 0 Å². The number of carbonyl (C=O) groups excluding carboxylic acids is 1. The van der Waals surface area contributed by atoms with Gasteiger partial charge in [0, 0.05) is 25.3 Å². The third-order valence-electron chi connectivity index (χ3n) is 2.36. The summed E-state index contributed by atoms with van der Waals surface area (Å²) < 4.78 is 15.3. The topological polar surface area (TPSA) is 44.8 Å². The molecule has 5 heteroatoms. The summed E-state index contributed by atoms with van der Waals surface area (Å²) in [5.41, 5.74) is 1.09. The highest BCUT2D eigenvalue weighted by molar-refractivity contribution is 6.30. The predicted molar refractivity (Wildman–Crippen MR) is 64.8 cm³/mol. The SMILES string of the molecule is COc1ccc(C(OC)OC)c(C(=O)CCl)c1. The second-order valence-corrected chi connectivity index (χ2v) is 3.58. The molecule has 94 valence electrons. The minimum atomic E-state index is -0.594. The number of alkyl halides is 1. The maximum absolute atomic E-state index is 11.7. The number of ketones is 1. The van der Waals surface area contributed by atoms with E-state index in [1.54, 1.807) is 18.2 Å². The van der Waals surface area contributed by atoms with Gasteiger partial charge in [-0.05, 0) is 18.2 Å². The summed E-state index contributed by atoms with van der Waals surface area (Å²) in [4.78, 5) is 11.7. The maximum atomic E-state index is 11.7. The molecular weight excluding hydrogens is 244 g/mol. The Morgan fingerprint density at radius 1 is 1.29 bits per heavy atom. The molecule has 0 aromatic heterocycles. The maximum Gasteiger partial charge on any atom is 0.183 e. The molecule has 0 saturated heterocycles. The Labute approximate surface area is 105 Å². The van der Waals surface area contributed by atoms with Crippen LogP contribution in [0.3, 0.4) is 0 Å². The van der Waals surface area contributed by atoms with Crippen LogP contribution < -0.4 is 4.74 Å². The molecule has 0 amide bonds. The van der Waals surface area contributed by atoms with Crippen LogP contribution in [-0.2, 0) is 9.47 Å². The molecule has 0 spiro atoms. The quantitative estimate of drug-likeness (QED) is 0.447. The summed E-state index contributed by atoms with van der Waals surface area (Å²) in [5, 5.41) is 0. The Bertz CT molecular complexity index is 388. The van der Waals surface area contributed by atoms with Crippen LogP contribution in [0, 0.1) is 0 Å². The molecule has 4 nitrogen and oxygen atoms in total. The van der Waals surface area contributed by atoms with E-state index in [9.17, 15) is 4.79 Å². The van der Waals surface area contributed by atoms with Crippen LogP contribution in [0.25, 0.3) is 0 Å². The molecule has 0 heterocycles. The number of benzene rings is 1. The molecule has 0 N–H and O–H groups in total. The number of rotatable bonds is 6. The zero-order valence-corrected chi connectivity index (χ0v) is 10.8. The summed E-state index contributed by atoms with van der Waals surface area (Å²) in [7, 11) is 4.55. The number of hydrogen-bond donors (Lipinski definition) is 0. The van der Waals surface area contributed by atoms with Crippen LogP contribution in [0.1, 0.15) is 22.2 Å². The van der Waals surface area contributed by atoms with Crippen LogP contribution in [0.2, 0.25) is 0 Å². The molecule has 0 atom stereocenters. The summed E-state index contributed by atoms with van der Waals surface area (Å²) in [6.45, 7) is 0. The Morgan fingerprint density at radius 2 is 1.94 bits per heavy atom. The van der Waals surface area contributed by atoms with Crippen LogP contribution in [-0.4, -0.2) is 33.0 Å². The lowest BCUT2D eigenvalue weighted by atomic mass is 10.0. The lowest BCUT2D eigenvalue weighted by Gasteiger charge is -2.17. The molecule has 0 bridgehead atoms. The van der Waals surface area contributed by atoms with Gasteiger partial charge < -0.3 is 14.2 Å². The first kappa shape index (κ1) is 14.0. The van der Waals surface area contributed by atoms with E-state index in [0.717, 1.165) is 0 Å². The van der Waals surface area contributed by atoms with Crippen molar-refractivity contribution in [2.24, 2.45) is 0 Å². The highest BCUT2D eigenvalue weighted by atomic mass is 35.5. The predicted octanol–water partition coefficient (Wildman–Crippen LogP) is 2.41. The highest BCUT2D eigenvalue weighted by Gasteiger charge is 2.19. The fourth-order valence-corrected chi connectivity index (χ4v) is 1.68. The number of Topliss-reactive ketones (excluding diaryl/α,β-unsaturated/α-hetero) is 1. The molecule has 0 saturated carbocycles. The molecule has 1 rings (SSSR count). The smallest absolute Gasteiger partial charge is 0.183 e. The van der Waals surface area contributed by atoms with Crippen molar-refractivity contribution in [3.8, 4) is 5.75 Å². The van der Waals surface area contributed by atoms with Crippen LogP contribution in [0.15, 0.2) is 18.2 Å². The van der Waals surface area contributed by atoms with Gasteiger partial charge in [0.15, 0.2) is 12.1 Å². The van der Waals surface area contributed by atoms with Crippen LogP contribution >= 0.6 is 11.6 Å². The minimum Gasteiger partial charge on any atom is -0.497 e. The monoisotopic (exact) mass is 258 g/mol. The van der Waals surface area contributed by atoms with E-state index in [1.165, 1.54) is 21.3 Å². The standard InChI is InChI=1S/C12H15ClO4/c1-15-8-4-5-9(12(16-2)17-3)10(6-8)11(14)7-13/h4-6,12H,7H2,1-3H3. The van der Waals surface area contributed by atoms with Crippen molar-refractivity contribution in [1.29, 1.82) is 0 Å². The molecule has 0 aliphatic rings. The van der Waals surface area contributed by atoms with E-state index in [0.29, 0.717) is 16.9 Å². The molecule has 1 aromatic carbocycles. The largest absolute Gasteiger partial charge is 0.497 e. The summed E-state index contributed by atoms with van der Waals surface area (Å²) in [6.07, 6.45) is -0.594. The summed E-state index contributed by atoms with van der Waals surface area (Å²) >= 11 is 5.57. The first-order valence-corrected chi connectivity index (χ1v) is 5.54. The molecule has 0 radical (unpaired) electrons. The lowest BCUT2D eigenvalue weighted by molar-refractivity contribution is -0.106. The molecule has 0 aliphatic heterocycles. The van der Waals surface area contributed by atoms with Gasteiger partial charge in [0.05, 0.1) is 13.0 Å². The first-order valence-electron chi connectivity index (χ1n) is 5.00. The minimum absolute atomic E-state index is 0.0969. The van der Waals surface area contributed by atoms with E-state index < -0.39 is 6.29 Å². The average Bonchev–Trinajstić information content (AvgIpc) is 2.39. The van der Waals surface area contributed by atoms with Crippen molar-refractivity contribution in [3.05, 3.63) is 29.3 Å². The summed E-state index contributed by atoms with van der Waals surface area (Å²) in [6, 6.07) is 5.10. The van der Waals surface area contributed by atoms with Gasteiger partial charge in [0.1, 0.15) is 5.75 Å². The normalized spacial score (nSPS) is 10.6. The third-order valence-corrected chi connectivity index (χ3v) is 2.61. The number of halogens is 1. The third kappa shape index (κ3) is 3.19. The zero-order chi connectivity index (χ0) is 12.8. The van der Waals surface area contributed by atoms with Crippen LogP contribution in [0.4, 0.5) is 0 Å². The van der Waals surface area contributed by atoms with Crippen molar-refractivity contribution >= 4 is 17.4 Å². The molecule has 0 fully saturated rings. The van der Waals surface area contributed by atoms with E-state index in [4.69, 9.17) is 25.8 Å². The number of methoxy groups -OCH3 is 3. The van der Waals surface area contributed by atoms with Gasteiger partial charge in [-0.3, -0.25) is 4.79 Å². The Hall–Kier alpha value is -1.10. The fourth-order valence-electron chi connectivity index (χ4n) is 1.53. The van der Waals surface area contributed by atoms with E-state index in [-0.39, 0.29) is 11.7 Å². The highest BCUT2D eigenvalue weighted by Crippen LogP contribution is 2.26. The van der Waals surface area contributed by atoms with Crippen molar-refractivity contribution in [2.45, 2.75) is 6.29 Å². The second kappa shape index (κ2) is 6.59. The summed E-state index contributed by atoms with van der Waals surface area (Å²) in [5.74, 6) is 0.299. The number of hydrogen-bond acceptors (Lipinski definition) is 4. The molecule has 1 aromatic rings. The van der Waals surface area contributed by atoms with Gasteiger partial charge in [-0.25, -0.2) is 0 Å². The molecular formula is C12H15ClO4. The van der Waals surface area contributed by atoms with Crippen molar-refractivity contribution in [3.63, 3.8) is 0 Å². The van der Waals surface area contributed by atoms with Crippen molar-refractivity contribution in [2.75, 3.05) is 27.2 Å². The Balaban J connectivity index is 3.23. The number of carbonyl (C=O) groups is 1. The van der Waals surface area contributed by atoms with E-state index in [2.05, 4.69) is 0 Å². The fraction of sp³-hybridized carbons (Fsp3) is 0.417. The Morgan fingerprint density at radius 3 is 2.41 bits per heavy atom. The van der Waals surface area contributed by atoms with Crippen LogP contribution in [0.5, 0.6) is 5.75 Å². The van der Waals surface area contributed by atoms with Gasteiger partial charge >= 0.3 is 0 Å². The average molecular weight is 259 g/mol. The Kier molecular flexibility index (Phi) is 5.41. The first-order chi connectivity index (χ1) is 8.17. The van der Waals surface area contributed by atoms with Crippen molar-refractivity contribution in [1.82, 2.24) is 0 Å². The molecule has 0 aliphatic carbocycles. The molecule has 17 heavy (non-hydrogen) atoms. The van der Waals surface area contributed by atoms with Gasteiger partial charge in [0.25, 0.3) is 0 Å².